The van der Waals surface area contributed by atoms with Gasteiger partial charge >= 0.3 is 12.1 Å². The van der Waals surface area contributed by atoms with Crippen LogP contribution in [-0.4, -0.2) is 53.8 Å². The molecule has 1 aromatic rings. The van der Waals surface area contributed by atoms with Gasteiger partial charge in [0.2, 0.25) is 0 Å². The molecule has 0 spiro atoms. The van der Waals surface area contributed by atoms with Gasteiger partial charge in [0.1, 0.15) is 5.02 Å². The number of likely N-dealkylation sites (tertiary alicyclic amines) is 1. The van der Waals surface area contributed by atoms with Gasteiger partial charge in [0.15, 0.2) is 5.82 Å². The number of amides is 1. The van der Waals surface area contributed by atoms with E-state index >= 15 is 0 Å². The maximum atomic E-state index is 11.6. The summed E-state index contributed by atoms with van der Waals surface area (Å²) in [6.07, 6.45) is 2.87. The van der Waals surface area contributed by atoms with Crippen molar-refractivity contribution in [1.82, 2.24) is 14.9 Å². The van der Waals surface area contributed by atoms with Gasteiger partial charge in [-0.25, -0.2) is 9.78 Å². The van der Waals surface area contributed by atoms with Gasteiger partial charge in [0.05, 0.1) is 19.9 Å². The molecule has 0 saturated carbocycles. The number of piperidine rings is 1. The summed E-state index contributed by atoms with van der Waals surface area (Å²) in [5.74, 6) is 0.554. The van der Waals surface area contributed by atoms with Gasteiger partial charge < -0.3 is 19.7 Å². The number of nitrogens with zero attached hydrogens (tertiary/aromatic N) is 3. The van der Waals surface area contributed by atoms with E-state index < -0.39 is 0 Å². The van der Waals surface area contributed by atoms with Crippen LogP contribution in [0.4, 0.5) is 10.6 Å². The zero-order valence-electron chi connectivity index (χ0n) is 12.1. The molecule has 21 heavy (non-hydrogen) atoms. The van der Waals surface area contributed by atoms with Crippen LogP contribution in [0.15, 0.2) is 6.20 Å². The van der Waals surface area contributed by atoms with Crippen LogP contribution in [0.2, 0.25) is 5.02 Å². The molecule has 7 nitrogen and oxygen atoms in total. The second kappa shape index (κ2) is 7.31. The SMILES string of the molecule is CCOC(=O)N1CCC(Nc2nc(OC)ncc2Cl)CC1. The topological polar surface area (TPSA) is 76.6 Å². The predicted octanol–water partition coefficient (Wildman–Crippen LogP) is 2.17. The van der Waals surface area contributed by atoms with Crippen molar-refractivity contribution in [2.45, 2.75) is 25.8 Å². The van der Waals surface area contributed by atoms with Gasteiger partial charge in [-0.1, -0.05) is 11.6 Å². The summed E-state index contributed by atoms with van der Waals surface area (Å²) >= 11 is 6.07. The van der Waals surface area contributed by atoms with Gasteiger partial charge in [-0.05, 0) is 19.8 Å². The van der Waals surface area contributed by atoms with E-state index in [1.807, 2.05) is 0 Å². The van der Waals surface area contributed by atoms with E-state index in [1.165, 1.54) is 13.3 Å². The highest BCUT2D eigenvalue weighted by atomic mass is 35.5. The Hall–Kier alpha value is -1.76. The quantitative estimate of drug-likeness (QED) is 0.918. The first kappa shape index (κ1) is 15.6. The number of methoxy groups -OCH3 is 1. The minimum absolute atomic E-state index is 0.202. The summed E-state index contributed by atoms with van der Waals surface area (Å²) in [5, 5.41) is 3.72. The van der Waals surface area contributed by atoms with Crippen LogP contribution < -0.4 is 10.1 Å². The molecule has 1 amide bonds. The van der Waals surface area contributed by atoms with E-state index in [2.05, 4.69) is 15.3 Å². The van der Waals surface area contributed by atoms with Crippen LogP contribution in [0, 0.1) is 0 Å². The van der Waals surface area contributed by atoms with Crippen molar-refractivity contribution in [1.29, 1.82) is 0 Å². The second-order valence-corrected chi connectivity index (χ2v) is 5.07. The lowest BCUT2D eigenvalue weighted by molar-refractivity contribution is 0.0983. The maximum absolute atomic E-state index is 11.6. The van der Waals surface area contributed by atoms with Crippen LogP contribution in [0.1, 0.15) is 19.8 Å². The Morgan fingerprint density at radius 1 is 1.52 bits per heavy atom. The van der Waals surface area contributed by atoms with Crippen molar-refractivity contribution in [3.63, 3.8) is 0 Å². The average Bonchev–Trinajstić information content (AvgIpc) is 2.50. The molecular formula is C13H19ClN4O3. The fourth-order valence-corrected chi connectivity index (χ4v) is 2.31. The van der Waals surface area contributed by atoms with E-state index in [4.69, 9.17) is 21.1 Å². The Morgan fingerprint density at radius 2 is 2.24 bits per heavy atom. The molecule has 2 rings (SSSR count). The first-order chi connectivity index (χ1) is 10.1. The highest BCUT2D eigenvalue weighted by Crippen LogP contribution is 2.23. The molecule has 1 saturated heterocycles. The Bertz CT molecular complexity index is 492. The molecule has 1 aliphatic rings. The van der Waals surface area contributed by atoms with Crippen LogP contribution in [0.3, 0.4) is 0 Å². The van der Waals surface area contributed by atoms with Crippen LogP contribution >= 0.6 is 11.6 Å². The number of carbonyl (C=O) groups excluding carboxylic acids is 1. The lowest BCUT2D eigenvalue weighted by Gasteiger charge is -2.31. The van der Waals surface area contributed by atoms with E-state index in [1.54, 1.807) is 11.8 Å². The van der Waals surface area contributed by atoms with E-state index in [-0.39, 0.29) is 18.1 Å². The molecule has 1 fully saturated rings. The minimum Gasteiger partial charge on any atom is -0.467 e. The molecular weight excluding hydrogens is 296 g/mol. The summed E-state index contributed by atoms with van der Waals surface area (Å²) in [6.45, 7) is 3.50. The van der Waals surface area contributed by atoms with Crippen LogP contribution in [-0.2, 0) is 4.74 Å². The molecule has 116 valence electrons. The number of nitrogens with one attached hydrogen (secondary N) is 1. The third-order valence-corrected chi connectivity index (χ3v) is 3.54. The normalized spacial score (nSPS) is 15.7. The number of hydrogen-bond acceptors (Lipinski definition) is 6. The van der Waals surface area contributed by atoms with Gasteiger partial charge in [-0.15, -0.1) is 0 Å². The molecule has 0 bridgehead atoms. The van der Waals surface area contributed by atoms with Crippen LogP contribution in [0.5, 0.6) is 6.01 Å². The number of rotatable bonds is 4. The lowest BCUT2D eigenvalue weighted by Crippen LogP contribution is -2.42. The summed E-state index contributed by atoms with van der Waals surface area (Å²) in [6, 6.07) is 0.471. The number of carbonyl (C=O) groups is 1. The largest absolute Gasteiger partial charge is 0.467 e. The zero-order chi connectivity index (χ0) is 15.2. The Labute approximate surface area is 128 Å². The molecule has 1 aromatic heterocycles. The highest BCUT2D eigenvalue weighted by Gasteiger charge is 2.24. The molecule has 0 aliphatic carbocycles. The summed E-state index contributed by atoms with van der Waals surface area (Å²) < 4.78 is 9.98. The average molecular weight is 315 g/mol. The van der Waals surface area contributed by atoms with Gasteiger partial charge in [0, 0.05) is 19.1 Å². The van der Waals surface area contributed by atoms with E-state index in [9.17, 15) is 4.79 Å². The number of aromatic nitrogens is 2. The molecule has 0 radical (unpaired) electrons. The second-order valence-electron chi connectivity index (χ2n) is 4.66. The molecule has 8 heteroatoms. The predicted molar refractivity (Wildman–Crippen MR) is 78.8 cm³/mol. The first-order valence-corrected chi connectivity index (χ1v) is 7.26. The Kier molecular flexibility index (Phi) is 5.44. The van der Waals surface area contributed by atoms with Crippen molar-refractivity contribution in [2.75, 3.05) is 32.1 Å². The molecule has 1 N–H and O–H groups in total. The monoisotopic (exact) mass is 314 g/mol. The van der Waals surface area contributed by atoms with Crippen molar-refractivity contribution < 1.29 is 14.3 Å². The number of halogens is 1. The molecule has 1 aliphatic heterocycles. The standard InChI is InChI=1S/C13H19ClN4O3/c1-3-21-13(19)18-6-4-9(5-7-18)16-11-10(14)8-15-12(17-11)20-2/h8-9H,3-7H2,1-2H3,(H,15,16,17). The van der Waals surface area contributed by atoms with Crippen LogP contribution in [0.25, 0.3) is 0 Å². The third kappa shape index (κ3) is 4.10. The lowest BCUT2D eigenvalue weighted by atomic mass is 10.1. The summed E-state index contributed by atoms with van der Waals surface area (Å²) in [5.41, 5.74) is 0. The highest BCUT2D eigenvalue weighted by molar-refractivity contribution is 6.32. The van der Waals surface area contributed by atoms with Gasteiger partial charge in [0.25, 0.3) is 0 Å². The van der Waals surface area contributed by atoms with E-state index in [0.717, 1.165) is 12.8 Å². The first-order valence-electron chi connectivity index (χ1n) is 6.88. The van der Waals surface area contributed by atoms with Crippen molar-refractivity contribution in [2.24, 2.45) is 0 Å². The van der Waals surface area contributed by atoms with E-state index in [0.29, 0.717) is 30.5 Å². The fraction of sp³-hybridized carbons (Fsp3) is 0.615. The molecule has 0 unspecified atom stereocenters. The van der Waals surface area contributed by atoms with Crippen molar-refractivity contribution >= 4 is 23.5 Å². The van der Waals surface area contributed by atoms with Crippen molar-refractivity contribution in [3.8, 4) is 6.01 Å². The smallest absolute Gasteiger partial charge is 0.409 e. The maximum Gasteiger partial charge on any atom is 0.409 e. The molecule has 0 atom stereocenters. The van der Waals surface area contributed by atoms with Gasteiger partial charge in [-0.2, -0.15) is 4.98 Å². The van der Waals surface area contributed by atoms with Gasteiger partial charge in [-0.3, -0.25) is 0 Å². The number of anilines is 1. The van der Waals surface area contributed by atoms with Crippen molar-refractivity contribution in [3.05, 3.63) is 11.2 Å². The number of ether oxygens (including phenoxy) is 2. The zero-order valence-corrected chi connectivity index (χ0v) is 12.9. The summed E-state index contributed by atoms with van der Waals surface area (Å²) in [7, 11) is 1.50. The number of hydrogen-bond donors (Lipinski definition) is 1. The summed E-state index contributed by atoms with van der Waals surface area (Å²) in [4.78, 5) is 21.5. The Balaban J connectivity index is 1.90. The molecule has 2 heterocycles. The fourth-order valence-electron chi connectivity index (χ4n) is 2.17. The molecule has 0 aromatic carbocycles. The minimum atomic E-state index is -0.252. The third-order valence-electron chi connectivity index (χ3n) is 3.27. The Morgan fingerprint density at radius 3 is 2.86 bits per heavy atom.